The van der Waals surface area contributed by atoms with Gasteiger partial charge in [-0.25, -0.2) is 9.67 Å². The van der Waals surface area contributed by atoms with E-state index >= 15 is 0 Å². The van der Waals surface area contributed by atoms with Gasteiger partial charge < -0.3 is 25.8 Å². The third kappa shape index (κ3) is 3.07. The average molecular weight is 276 g/mol. The van der Waals surface area contributed by atoms with Gasteiger partial charge in [0.25, 0.3) is 5.91 Å². The summed E-state index contributed by atoms with van der Waals surface area (Å²) in [5, 5.41) is 31.8. The van der Waals surface area contributed by atoms with Gasteiger partial charge in [0, 0.05) is 0 Å². The molecular formula is C10H20N4O5. The highest BCUT2D eigenvalue weighted by atomic mass is 16.6. The van der Waals surface area contributed by atoms with Gasteiger partial charge in [0.2, 0.25) is 5.82 Å². The fourth-order valence-corrected chi connectivity index (χ4v) is 1.61. The summed E-state index contributed by atoms with van der Waals surface area (Å²) >= 11 is 0. The Hall–Kier alpha value is -1.55. The van der Waals surface area contributed by atoms with Crippen LogP contribution in [0, 0.1) is 0 Å². The van der Waals surface area contributed by atoms with Crippen LogP contribution in [0.4, 0.5) is 0 Å². The molecule has 1 aliphatic rings. The molecule has 0 radical (unpaired) electrons. The standard InChI is InChI=1S/C8H12N4O5.2CH4/c9-6(16)7-10-2-12(11-7)8-5(15)4(14)3(1-13)17-8;;/h2-5,8,13-15H,1H2,(H2,9,16);2*1H4. The number of nitrogens with two attached hydrogens (primary N) is 1. The van der Waals surface area contributed by atoms with E-state index in [0.29, 0.717) is 0 Å². The molecule has 2 heterocycles. The van der Waals surface area contributed by atoms with Gasteiger partial charge in [-0.15, -0.1) is 5.10 Å². The van der Waals surface area contributed by atoms with Gasteiger partial charge in [-0.3, -0.25) is 4.79 Å². The van der Waals surface area contributed by atoms with Crippen molar-refractivity contribution in [2.75, 3.05) is 6.61 Å². The zero-order valence-corrected chi connectivity index (χ0v) is 8.67. The second kappa shape index (κ2) is 6.57. The van der Waals surface area contributed by atoms with Crippen molar-refractivity contribution in [3.8, 4) is 0 Å². The van der Waals surface area contributed by atoms with Crippen molar-refractivity contribution < 1.29 is 24.9 Å². The first-order valence-electron chi connectivity index (χ1n) is 4.88. The fourth-order valence-electron chi connectivity index (χ4n) is 1.61. The minimum Gasteiger partial charge on any atom is -0.394 e. The van der Waals surface area contributed by atoms with Gasteiger partial charge in [-0.05, 0) is 0 Å². The average Bonchev–Trinajstić information content (AvgIpc) is 2.87. The number of primary amides is 1. The highest BCUT2D eigenvalue weighted by molar-refractivity contribution is 5.88. The second-order valence-electron chi connectivity index (χ2n) is 3.64. The summed E-state index contributed by atoms with van der Waals surface area (Å²) in [6.07, 6.45) is -3.26. The minimum absolute atomic E-state index is 0. The number of aromatic nitrogens is 3. The Morgan fingerprint density at radius 3 is 2.47 bits per heavy atom. The van der Waals surface area contributed by atoms with Crippen LogP contribution in [0.1, 0.15) is 31.7 Å². The molecule has 1 aliphatic heterocycles. The number of amides is 1. The molecule has 5 N–H and O–H groups in total. The van der Waals surface area contributed by atoms with E-state index in [-0.39, 0.29) is 20.7 Å². The monoisotopic (exact) mass is 276 g/mol. The molecule has 1 aromatic heterocycles. The first-order chi connectivity index (χ1) is 8.04. The van der Waals surface area contributed by atoms with E-state index < -0.39 is 37.1 Å². The quantitative estimate of drug-likeness (QED) is 0.513. The van der Waals surface area contributed by atoms with Crippen LogP contribution in [0.15, 0.2) is 6.33 Å². The highest BCUT2D eigenvalue weighted by Gasteiger charge is 2.43. The van der Waals surface area contributed by atoms with E-state index in [9.17, 15) is 15.0 Å². The van der Waals surface area contributed by atoms with Crippen LogP contribution in [-0.4, -0.2) is 60.9 Å². The van der Waals surface area contributed by atoms with Gasteiger partial charge in [-0.1, -0.05) is 14.9 Å². The molecule has 19 heavy (non-hydrogen) atoms. The van der Waals surface area contributed by atoms with E-state index in [1.54, 1.807) is 0 Å². The molecule has 0 aromatic carbocycles. The molecule has 9 nitrogen and oxygen atoms in total. The Bertz CT molecular complexity index is 424. The molecular weight excluding hydrogens is 256 g/mol. The number of hydrogen-bond donors (Lipinski definition) is 4. The van der Waals surface area contributed by atoms with Crippen LogP contribution in [0.5, 0.6) is 0 Å². The van der Waals surface area contributed by atoms with Crippen LogP contribution in [-0.2, 0) is 4.74 Å². The molecule has 4 atom stereocenters. The van der Waals surface area contributed by atoms with Crippen LogP contribution in [0.25, 0.3) is 0 Å². The van der Waals surface area contributed by atoms with Crippen molar-refractivity contribution in [2.24, 2.45) is 5.73 Å². The maximum atomic E-state index is 10.8. The van der Waals surface area contributed by atoms with Gasteiger partial charge in [-0.2, -0.15) is 0 Å². The summed E-state index contributed by atoms with van der Waals surface area (Å²) in [6.45, 7) is -0.438. The molecule has 0 spiro atoms. The molecule has 4 unspecified atom stereocenters. The Labute approximate surface area is 110 Å². The lowest BCUT2D eigenvalue weighted by molar-refractivity contribution is -0.0588. The molecule has 1 aromatic rings. The third-order valence-electron chi connectivity index (χ3n) is 2.51. The molecule has 2 rings (SSSR count). The van der Waals surface area contributed by atoms with Gasteiger partial charge in [0.05, 0.1) is 6.61 Å². The Morgan fingerprint density at radius 2 is 2.05 bits per heavy atom. The van der Waals surface area contributed by atoms with Crippen LogP contribution in [0.3, 0.4) is 0 Å². The highest BCUT2D eigenvalue weighted by Crippen LogP contribution is 2.28. The van der Waals surface area contributed by atoms with Crippen LogP contribution < -0.4 is 5.73 Å². The minimum atomic E-state index is -1.27. The molecule has 1 saturated heterocycles. The van der Waals surface area contributed by atoms with Crippen molar-refractivity contribution in [3.05, 3.63) is 12.2 Å². The number of aliphatic hydroxyl groups excluding tert-OH is 3. The number of carbonyl (C=O) groups excluding carboxylic acids is 1. The molecule has 9 heteroatoms. The van der Waals surface area contributed by atoms with E-state index in [1.165, 1.54) is 0 Å². The lowest BCUT2D eigenvalue weighted by Gasteiger charge is -2.13. The van der Waals surface area contributed by atoms with Crippen LogP contribution in [0.2, 0.25) is 0 Å². The largest absolute Gasteiger partial charge is 0.394 e. The van der Waals surface area contributed by atoms with Gasteiger partial charge in [0.1, 0.15) is 24.6 Å². The number of nitrogens with zero attached hydrogens (tertiary/aromatic N) is 3. The Kier molecular flexibility index (Phi) is 6.03. The summed E-state index contributed by atoms with van der Waals surface area (Å²) < 4.78 is 6.25. The van der Waals surface area contributed by atoms with E-state index in [2.05, 4.69) is 10.1 Å². The number of aliphatic hydroxyl groups is 3. The lowest BCUT2D eigenvalue weighted by Crippen LogP contribution is -2.33. The number of rotatable bonds is 3. The van der Waals surface area contributed by atoms with E-state index in [0.717, 1.165) is 11.0 Å². The van der Waals surface area contributed by atoms with Gasteiger partial charge >= 0.3 is 0 Å². The molecule has 1 fully saturated rings. The van der Waals surface area contributed by atoms with Crippen molar-refractivity contribution in [1.29, 1.82) is 0 Å². The Morgan fingerprint density at radius 1 is 1.42 bits per heavy atom. The number of carbonyl (C=O) groups is 1. The smallest absolute Gasteiger partial charge is 0.288 e. The summed E-state index contributed by atoms with van der Waals surface area (Å²) in [4.78, 5) is 14.4. The molecule has 0 aliphatic carbocycles. The fraction of sp³-hybridized carbons (Fsp3) is 0.700. The van der Waals surface area contributed by atoms with E-state index in [4.69, 9.17) is 15.6 Å². The third-order valence-corrected chi connectivity index (χ3v) is 2.51. The van der Waals surface area contributed by atoms with Gasteiger partial charge in [0.15, 0.2) is 6.23 Å². The molecule has 0 bridgehead atoms. The zero-order chi connectivity index (χ0) is 12.6. The summed E-state index contributed by atoms with van der Waals surface area (Å²) in [6, 6.07) is 0. The first kappa shape index (κ1) is 17.4. The predicted molar refractivity (Wildman–Crippen MR) is 65.0 cm³/mol. The summed E-state index contributed by atoms with van der Waals surface area (Å²) in [5.41, 5.74) is 4.97. The number of ether oxygens (including phenoxy) is 1. The van der Waals surface area contributed by atoms with Crippen LogP contribution >= 0.6 is 0 Å². The van der Waals surface area contributed by atoms with Crippen molar-refractivity contribution >= 4 is 5.91 Å². The van der Waals surface area contributed by atoms with Crippen molar-refractivity contribution in [1.82, 2.24) is 14.8 Å². The molecule has 1 amide bonds. The maximum Gasteiger partial charge on any atom is 0.288 e. The summed E-state index contributed by atoms with van der Waals surface area (Å²) in [5.74, 6) is -1.03. The zero-order valence-electron chi connectivity index (χ0n) is 8.67. The molecule has 110 valence electrons. The second-order valence-corrected chi connectivity index (χ2v) is 3.64. The topological polar surface area (TPSA) is 144 Å². The summed E-state index contributed by atoms with van der Waals surface area (Å²) in [7, 11) is 0. The first-order valence-corrected chi connectivity index (χ1v) is 4.88. The normalized spacial score (nSPS) is 29.4. The SMILES string of the molecule is C.C.NC(=O)c1ncn(C2OC(CO)C(O)C2O)n1. The lowest BCUT2D eigenvalue weighted by atomic mass is 10.1. The number of hydrogen-bond acceptors (Lipinski definition) is 7. The van der Waals surface area contributed by atoms with Crippen molar-refractivity contribution in [2.45, 2.75) is 39.4 Å². The van der Waals surface area contributed by atoms with Crippen molar-refractivity contribution in [3.63, 3.8) is 0 Å². The maximum absolute atomic E-state index is 10.8. The molecule has 0 saturated carbocycles. The Balaban J connectivity index is 0.00000162. The van der Waals surface area contributed by atoms with E-state index in [1.807, 2.05) is 0 Å². The predicted octanol–water partition coefficient (Wildman–Crippen LogP) is -1.74.